The van der Waals surface area contributed by atoms with E-state index in [1.54, 1.807) is 0 Å². The largest absolute Gasteiger partial charge is 0.389 e. The van der Waals surface area contributed by atoms with Crippen LogP contribution < -0.4 is 10.6 Å². The maximum atomic E-state index is 11.4. The molecule has 1 fully saturated rings. The Labute approximate surface area is 104 Å². The van der Waals surface area contributed by atoms with Crippen LogP contribution >= 0.6 is 0 Å². The van der Waals surface area contributed by atoms with Crippen molar-refractivity contribution in [3.63, 3.8) is 0 Å². The molecule has 0 spiro atoms. The summed E-state index contributed by atoms with van der Waals surface area (Å²) in [7, 11) is 0. The molecule has 1 rings (SSSR count). The number of amides is 1. The van der Waals surface area contributed by atoms with Gasteiger partial charge in [-0.15, -0.1) is 0 Å². The smallest absolute Gasteiger partial charge is 0.234 e. The molecular formula is C13H26N2O2. The monoisotopic (exact) mass is 242 g/mol. The lowest BCUT2D eigenvalue weighted by Crippen LogP contribution is -2.46. The van der Waals surface area contributed by atoms with E-state index in [1.807, 2.05) is 13.8 Å². The lowest BCUT2D eigenvalue weighted by atomic mass is 9.79. The predicted octanol–water partition coefficient (Wildman–Crippen LogP) is 1.04. The zero-order valence-electron chi connectivity index (χ0n) is 11.3. The summed E-state index contributed by atoms with van der Waals surface area (Å²) in [4.78, 5) is 11.4. The van der Waals surface area contributed by atoms with Gasteiger partial charge in [0.2, 0.25) is 5.91 Å². The second kappa shape index (κ2) is 6.36. The Kier molecular flexibility index (Phi) is 5.40. The van der Waals surface area contributed by atoms with E-state index in [0.29, 0.717) is 6.54 Å². The first-order valence-electron chi connectivity index (χ1n) is 6.64. The SMILES string of the molecule is CC1CCC(O)(CNCC(=O)NC(C)C)CC1. The molecule has 1 saturated carbocycles. The van der Waals surface area contributed by atoms with Crippen LogP contribution in [0.25, 0.3) is 0 Å². The minimum Gasteiger partial charge on any atom is -0.389 e. The normalized spacial score (nSPS) is 29.4. The Morgan fingerprint density at radius 3 is 2.53 bits per heavy atom. The van der Waals surface area contributed by atoms with Gasteiger partial charge in [0.25, 0.3) is 0 Å². The molecule has 1 aliphatic carbocycles. The summed E-state index contributed by atoms with van der Waals surface area (Å²) in [6, 6.07) is 0.169. The maximum absolute atomic E-state index is 11.4. The molecule has 0 atom stereocenters. The molecule has 4 heteroatoms. The lowest BCUT2D eigenvalue weighted by Gasteiger charge is -2.35. The van der Waals surface area contributed by atoms with Crippen LogP contribution in [0.1, 0.15) is 46.5 Å². The third kappa shape index (κ3) is 5.50. The van der Waals surface area contributed by atoms with Crippen LogP contribution in [0.5, 0.6) is 0 Å². The molecule has 3 N–H and O–H groups in total. The molecule has 1 amide bonds. The van der Waals surface area contributed by atoms with Gasteiger partial charge in [0, 0.05) is 12.6 Å². The standard InChI is InChI=1S/C13H26N2O2/c1-10(2)15-12(16)8-14-9-13(17)6-4-11(3)5-7-13/h10-11,14,17H,4-9H2,1-3H3,(H,15,16). The molecule has 0 heterocycles. The van der Waals surface area contributed by atoms with E-state index in [4.69, 9.17) is 0 Å². The summed E-state index contributed by atoms with van der Waals surface area (Å²) >= 11 is 0. The highest BCUT2D eigenvalue weighted by molar-refractivity contribution is 5.78. The summed E-state index contributed by atoms with van der Waals surface area (Å²) in [6.45, 7) is 6.91. The summed E-state index contributed by atoms with van der Waals surface area (Å²) in [5.74, 6) is 0.715. The van der Waals surface area contributed by atoms with Crippen LogP contribution in [0.2, 0.25) is 0 Å². The number of nitrogens with one attached hydrogen (secondary N) is 2. The van der Waals surface area contributed by atoms with Crippen molar-refractivity contribution >= 4 is 5.91 Å². The highest BCUT2D eigenvalue weighted by Gasteiger charge is 2.31. The average Bonchev–Trinajstić information content (AvgIpc) is 2.22. The lowest BCUT2D eigenvalue weighted by molar-refractivity contribution is -0.120. The summed E-state index contributed by atoms with van der Waals surface area (Å²) in [6.07, 6.45) is 3.84. The van der Waals surface area contributed by atoms with Gasteiger partial charge >= 0.3 is 0 Å². The van der Waals surface area contributed by atoms with E-state index in [2.05, 4.69) is 17.6 Å². The molecule has 0 aromatic carbocycles. The molecule has 4 nitrogen and oxygen atoms in total. The molecule has 17 heavy (non-hydrogen) atoms. The Balaban J connectivity index is 2.19. The first-order valence-corrected chi connectivity index (χ1v) is 6.64. The van der Waals surface area contributed by atoms with Crippen molar-refractivity contribution in [2.24, 2.45) is 5.92 Å². The molecule has 0 unspecified atom stereocenters. The van der Waals surface area contributed by atoms with Gasteiger partial charge in [0.1, 0.15) is 0 Å². The van der Waals surface area contributed by atoms with Gasteiger partial charge in [-0.2, -0.15) is 0 Å². The molecule has 0 saturated heterocycles. The van der Waals surface area contributed by atoms with E-state index >= 15 is 0 Å². The van der Waals surface area contributed by atoms with E-state index in [1.165, 1.54) is 0 Å². The fourth-order valence-corrected chi connectivity index (χ4v) is 2.26. The molecule has 0 radical (unpaired) electrons. The van der Waals surface area contributed by atoms with Gasteiger partial charge < -0.3 is 15.7 Å². The molecule has 1 aliphatic rings. The van der Waals surface area contributed by atoms with Crippen molar-refractivity contribution in [2.45, 2.75) is 58.1 Å². The van der Waals surface area contributed by atoms with Gasteiger partial charge in [0.15, 0.2) is 0 Å². The Bertz CT molecular complexity index is 246. The number of carbonyl (C=O) groups is 1. The molecule has 0 aliphatic heterocycles. The molecule has 0 bridgehead atoms. The number of hydrogen-bond donors (Lipinski definition) is 3. The number of hydrogen-bond acceptors (Lipinski definition) is 3. The molecular weight excluding hydrogens is 216 g/mol. The third-order valence-corrected chi connectivity index (χ3v) is 3.39. The van der Waals surface area contributed by atoms with Gasteiger partial charge in [-0.1, -0.05) is 6.92 Å². The van der Waals surface area contributed by atoms with Crippen LogP contribution in [-0.2, 0) is 4.79 Å². The Hall–Kier alpha value is -0.610. The molecule has 100 valence electrons. The average molecular weight is 242 g/mol. The third-order valence-electron chi connectivity index (χ3n) is 3.39. The van der Waals surface area contributed by atoms with Crippen molar-refractivity contribution in [1.29, 1.82) is 0 Å². The topological polar surface area (TPSA) is 61.4 Å². The van der Waals surface area contributed by atoms with E-state index in [9.17, 15) is 9.90 Å². The van der Waals surface area contributed by atoms with Crippen molar-refractivity contribution < 1.29 is 9.90 Å². The minimum atomic E-state index is -0.607. The second-order valence-corrected chi connectivity index (χ2v) is 5.73. The van der Waals surface area contributed by atoms with E-state index < -0.39 is 5.60 Å². The Morgan fingerprint density at radius 2 is 2.00 bits per heavy atom. The molecule has 0 aromatic rings. The van der Waals surface area contributed by atoms with Crippen molar-refractivity contribution in [3.8, 4) is 0 Å². The second-order valence-electron chi connectivity index (χ2n) is 5.73. The van der Waals surface area contributed by atoms with Crippen LogP contribution in [0, 0.1) is 5.92 Å². The fraction of sp³-hybridized carbons (Fsp3) is 0.923. The van der Waals surface area contributed by atoms with Gasteiger partial charge in [-0.25, -0.2) is 0 Å². The zero-order valence-corrected chi connectivity index (χ0v) is 11.3. The van der Waals surface area contributed by atoms with Gasteiger partial charge in [-0.3, -0.25) is 4.79 Å². The molecule has 0 aromatic heterocycles. The van der Waals surface area contributed by atoms with Crippen LogP contribution in [-0.4, -0.2) is 35.7 Å². The number of rotatable bonds is 5. The first kappa shape index (κ1) is 14.5. The summed E-state index contributed by atoms with van der Waals surface area (Å²) in [5, 5.41) is 16.2. The minimum absolute atomic E-state index is 0.00669. The number of carbonyl (C=O) groups excluding carboxylic acids is 1. The van der Waals surface area contributed by atoms with Crippen LogP contribution in [0.15, 0.2) is 0 Å². The Morgan fingerprint density at radius 1 is 1.41 bits per heavy atom. The van der Waals surface area contributed by atoms with Crippen molar-refractivity contribution in [1.82, 2.24) is 10.6 Å². The first-order chi connectivity index (χ1) is 7.91. The fourth-order valence-electron chi connectivity index (χ4n) is 2.26. The van der Waals surface area contributed by atoms with E-state index in [0.717, 1.165) is 31.6 Å². The quantitative estimate of drug-likeness (QED) is 0.675. The van der Waals surface area contributed by atoms with E-state index in [-0.39, 0.29) is 18.5 Å². The van der Waals surface area contributed by atoms with Gasteiger partial charge in [0.05, 0.1) is 12.1 Å². The maximum Gasteiger partial charge on any atom is 0.234 e. The van der Waals surface area contributed by atoms with Gasteiger partial charge in [-0.05, 0) is 45.4 Å². The summed E-state index contributed by atoms with van der Waals surface area (Å²) in [5.41, 5.74) is -0.607. The highest BCUT2D eigenvalue weighted by atomic mass is 16.3. The number of aliphatic hydroxyl groups is 1. The van der Waals surface area contributed by atoms with Crippen molar-refractivity contribution in [2.75, 3.05) is 13.1 Å². The van der Waals surface area contributed by atoms with Crippen LogP contribution in [0.4, 0.5) is 0 Å². The van der Waals surface area contributed by atoms with Crippen LogP contribution in [0.3, 0.4) is 0 Å². The van der Waals surface area contributed by atoms with Crippen molar-refractivity contribution in [3.05, 3.63) is 0 Å². The zero-order chi connectivity index (χ0) is 12.9. The highest BCUT2D eigenvalue weighted by Crippen LogP contribution is 2.31. The summed E-state index contributed by atoms with van der Waals surface area (Å²) < 4.78 is 0. The predicted molar refractivity (Wildman–Crippen MR) is 68.7 cm³/mol.